The topological polar surface area (TPSA) is 46.1 Å². The zero-order valence-electron chi connectivity index (χ0n) is 10.9. The highest BCUT2D eigenvalue weighted by Gasteiger charge is 2.20. The SMILES string of the molecule is CC(C)n1cc(Br)cc1C(=O)NCCNC1CC1. The first kappa shape index (κ1) is 13.6. The molecule has 0 aliphatic heterocycles. The molecular formula is C13H20BrN3O. The molecule has 0 saturated heterocycles. The molecule has 0 aromatic carbocycles. The Morgan fingerprint density at radius 3 is 2.83 bits per heavy atom. The van der Waals surface area contributed by atoms with Gasteiger partial charge < -0.3 is 15.2 Å². The zero-order chi connectivity index (χ0) is 13.1. The molecule has 4 nitrogen and oxygen atoms in total. The highest BCUT2D eigenvalue weighted by atomic mass is 79.9. The van der Waals surface area contributed by atoms with Crippen LogP contribution in [0.2, 0.25) is 0 Å². The van der Waals surface area contributed by atoms with Gasteiger partial charge in [-0.15, -0.1) is 0 Å². The summed E-state index contributed by atoms with van der Waals surface area (Å²) >= 11 is 3.42. The minimum absolute atomic E-state index is 0.00741. The molecule has 0 unspecified atom stereocenters. The van der Waals surface area contributed by atoms with Gasteiger partial charge in [0.25, 0.3) is 5.91 Å². The van der Waals surface area contributed by atoms with E-state index < -0.39 is 0 Å². The summed E-state index contributed by atoms with van der Waals surface area (Å²) in [5, 5.41) is 6.32. The average Bonchev–Trinajstić information content (AvgIpc) is 3.05. The van der Waals surface area contributed by atoms with E-state index in [2.05, 4.69) is 40.4 Å². The molecule has 5 heteroatoms. The second-order valence-electron chi connectivity index (χ2n) is 5.03. The molecule has 1 fully saturated rings. The zero-order valence-corrected chi connectivity index (χ0v) is 12.5. The third-order valence-electron chi connectivity index (χ3n) is 3.03. The number of hydrogen-bond acceptors (Lipinski definition) is 2. The normalized spacial score (nSPS) is 15.1. The first-order chi connectivity index (χ1) is 8.58. The van der Waals surface area contributed by atoms with Crippen molar-refractivity contribution in [2.75, 3.05) is 13.1 Å². The Balaban J connectivity index is 1.86. The van der Waals surface area contributed by atoms with Crippen molar-refractivity contribution >= 4 is 21.8 Å². The Bertz CT molecular complexity index is 424. The largest absolute Gasteiger partial charge is 0.349 e. The molecule has 1 aromatic rings. The smallest absolute Gasteiger partial charge is 0.268 e. The number of nitrogens with one attached hydrogen (secondary N) is 2. The van der Waals surface area contributed by atoms with E-state index in [0.717, 1.165) is 11.0 Å². The van der Waals surface area contributed by atoms with E-state index >= 15 is 0 Å². The first-order valence-electron chi connectivity index (χ1n) is 6.47. The second-order valence-corrected chi connectivity index (χ2v) is 5.94. The van der Waals surface area contributed by atoms with Gasteiger partial charge in [0.1, 0.15) is 5.69 Å². The lowest BCUT2D eigenvalue weighted by molar-refractivity contribution is 0.0943. The monoisotopic (exact) mass is 313 g/mol. The van der Waals surface area contributed by atoms with Crippen molar-refractivity contribution in [3.8, 4) is 0 Å². The van der Waals surface area contributed by atoms with Gasteiger partial charge in [0.2, 0.25) is 0 Å². The van der Waals surface area contributed by atoms with Crippen LogP contribution in [-0.4, -0.2) is 29.6 Å². The van der Waals surface area contributed by atoms with E-state index in [1.165, 1.54) is 12.8 Å². The minimum atomic E-state index is -0.00741. The molecule has 100 valence electrons. The molecule has 0 spiro atoms. The molecule has 0 atom stereocenters. The Morgan fingerprint density at radius 1 is 1.50 bits per heavy atom. The van der Waals surface area contributed by atoms with Gasteiger partial charge in [-0.25, -0.2) is 0 Å². The van der Waals surface area contributed by atoms with E-state index in [-0.39, 0.29) is 11.9 Å². The summed E-state index contributed by atoms with van der Waals surface area (Å²) in [6.45, 7) is 5.66. The fourth-order valence-electron chi connectivity index (χ4n) is 1.89. The van der Waals surface area contributed by atoms with Crippen LogP contribution in [-0.2, 0) is 0 Å². The maximum absolute atomic E-state index is 12.1. The molecule has 1 amide bonds. The van der Waals surface area contributed by atoms with Gasteiger partial charge in [0, 0.05) is 35.8 Å². The van der Waals surface area contributed by atoms with E-state index in [9.17, 15) is 4.79 Å². The summed E-state index contributed by atoms with van der Waals surface area (Å²) in [7, 11) is 0. The van der Waals surface area contributed by atoms with Gasteiger partial charge in [-0.3, -0.25) is 4.79 Å². The summed E-state index contributed by atoms with van der Waals surface area (Å²) in [4.78, 5) is 12.1. The van der Waals surface area contributed by atoms with Gasteiger partial charge in [0.05, 0.1) is 0 Å². The van der Waals surface area contributed by atoms with Crippen LogP contribution in [0.25, 0.3) is 0 Å². The molecule has 2 N–H and O–H groups in total. The van der Waals surface area contributed by atoms with E-state index in [4.69, 9.17) is 0 Å². The molecule has 18 heavy (non-hydrogen) atoms. The third kappa shape index (κ3) is 3.59. The first-order valence-corrected chi connectivity index (χ1v) is 7.26. The number of aromatic nitrogens is 1. The number of rotatable bonds is 6. The maximum Gasteiger partial charge on any atom is 0.268 e. The van der Waals surface area contributed by atoms with Crippen LogP contribution in [0.3, 0.4) is 0 Å². The number of nitrogens with zero attached hydrogens (tertiary/aromatic N) is 1. The van der Waals surface area contributed by atoms with Crippen LogP contribution in [0.5, 0.6) is 0 Å². The molecule has 1 aromatic heterocycles. The number of amides is 1. The molecule has 2 rings (SSSR count). The van der Waals surface area contributed by atoms with Crippen LogP contribution in [0, 0.1) is 0 Å². The van der Waals surface area contributed by atoms with Gasteiger partial charge >= 0.3 is 0 Å². The van der Waals surface area contributed by atoms with Gasteiger partial charge in [-0.1, -0.05) is 0 Å². The molecule has 1 aliphatic rings. The van der Waals surface area contributed by atoms with Gasteiger partial charge in [-0.05, 0) is 48.7 Å². The number of halogens is 1. The summed E-state index contributed by atoms with van der Waals surface area (Å²) in [5.74, 6) is -0.00741. The predicted molar refractivity (Wildman–Crippen MR) is 75.9 cm³/mol. The summed E-state index contributed by atoms with van der Waals surface area (Å²) < 4.78 is 2.92. The minimum Gasteiger partial charge on any atom is -0.349 e. The Labute approximate surface area is 116 Å². The van der Waals surface area contributed by atoms with Crippen molar-refractivity contribution in [1.29, 1.82) is 0 Å². The summed E-state index contributed by atoms with van der Waals surface area (Å²) in [6, 6.07) is 2.83. The molecule has 0 bridgehead atoms. The van der Waals surface area contributed by atoms with E-state index in [1.807, 2.05) is 16.8 Å². The van der Waals surface area contributed by atoms with Crippen molar-refractivity contribution in [3.63, 3.8) is 0 Å². The molecule has 1 saturated carbocycles. The van der Waals surface area contributed by atoms with Crippen molar-refractivity contribution in [2.45, 2.75) is 38.8 Å². The fourth-order valence-corrected chi connectivity index (χ4v) is 2.32. The highest BCUT2D eigenvalue weighted by Crippen LogP contribution is 2.19. The molecule has 0 radical (unpaired) electrons. The molecule has 1 heterocycles. The van der Waals surface area contributed by atoms with Crippen LogP contribution >= 0.6 is 15.9 Å². The number of hydrogen-bond donors (Lipinski definition) is 2. The quantitative estimate of drug-likeness (QED) is 0.792. The standard InChI is InChI=1S/C13H20BrN3O/c1-9(2)17-8-10(14)7-12(17)13(18)16-6-5-15-11-3-4-11/h7-9,11,15H,3-6H2,1-2H3,(H,16,18). The Kier molecular flexibility index (Phi) is 4.45. The molecule has 1 aliphatic carbocycles. The second kappa shape index (κ2) is 5.89. The van der Waals surface area contributed by atoms with Gasteiger partial charge in [-0.2, -0.15) is 0 Å². The van der Waals surface area contributed by atoms with Crippen LogP contribution in [0.4, 0.5) is 0 Å². The predicted octanol–water partition coefficient (Wildman–Crippen LogP) is 2.31. The van der Waals surface area contributed by atoms with Crippen LogP contribution in [0.1, 0.15) is 43.2 Å². The molecular weight excluding hydrogens is 294 g/mol. The summed E-state index contributed by atoms with van der Waals surface area (Å²) in [6.07, 6.45) is 4.50. The van der Waals surface area contributed by atoms with Gasteiger partial charge in [0.15, 0.2) is 0 Å². The average molecular weight is 314 g/mol. The third-order valence-corrected chi connectivity index (χ3v) is 3.46. The Hall–Kier alpha value is -0.810. The van der Waals surface area contributed by atoms with Crippen LogP contribution in [0.15, 0.2) is 16.7 Å². The van der Waals surface area contributed by atoms with Crippen LogP contribution < -0.4 is 10.6 Å². The number of carbonyl (C=O) groups is 1. The van der Waals surface area contributed by atoms with Crippen molar-refractivity contribution in [2.24, 2.45) is 0 Å². The lowest BCUT2D eigenvalue weighted by atomic mass is 10.3. The lowest BCUT2D eigenvalue weighted by Crippen LogP contribution is -2.33. The van der Waals surface area contributed by atoms with Crippen molar-refractivity contribution < 1.29 is 4.79 Å². The number of carbonyl (C=O) groups excluding carboxylic acids is 1. The summed E-state index contributed by atoms with van der Waals surface area (Å²) in [5.41, 5.74) is 0.711. The Morgan fingerprint density at radius 2 is 2.22 bits per heavy atom. The fraction of sp³-hybridized carbons (Fsp3) is 0.615. The van der Waals surface area contributed by atoms with Crippen molar-refractivity contribution in [1.82, 2.24) is 15.2 Å². The maximum atomic E-state index is 12.1. The van der Waals surface area contributed by atoms with E-state index in [1.54, 1.807) is 0 Å². The highest BCUT2D eigenvalue weighted by molar-refractivity contribution is 9.10. The van der Waals surface area contributed by atoms with E-state index in [0.29, 0.717) is 18.3 Å². The van der Waals surface area contributed by atoms with Crippen molar-refractivity contribution in [3.05, 3.63) is 22.4 Å². The lowest BCUT2D eigenvalue weighted by Gasteiger charge is -2.12.